The second-order valence-electron chi connectivity index (χ2n) is 7.48. The van der Waals surface area contributed by atoms with Crippen molar-refractivity contribution < 1.29 is 14.3 Å². The van der Waals surface area contributed by atoms with E-state index < -0.39 is 0 Å². The summed E-state index contributed by atoms with van der Waals surface area (Å²) in [6.45, 7) is 7.25. The number of hydrogen-bond acceptors (Lipinski definition) is 4. The smallest absolute Gasteiger partial charge is 0.260 e. The van der Waals surface area contributed by atoms with Crippen molar-refractivity contribution in [1.82, 2.24) is 9.80 Å². The minimum absolute atomic E-state index is 0.0638. The average Bonchev–Trinajstić information content (AvgIpc) is 3.21. The number of ether oxygens (including phenoxy) is 2. The van der Waals surface area contributed by atoms with Crippen LogP contribution in [0.2, 0.25) is 0 Å². The van der Waals surface area contributed by atoms with E-state index in [1.54, 1.807) is 0 Å². The minimum Gasteiger partial charge on any atom is -0.493 e. The molecule has 2 aromatic carbocycles. The molecule has 2 aromatic rings. The SMILES string of the molecule is CCc1ccc(OCC(=O)N2CCN(Cc3ccc4c(c3)CCO4)CC2)cc1. The van der Waals surface area contributed by atoms with Crippen LogP contribution >= 0.6 is 0 Å². The Morgan fingerprint density at radius 3 is 2.54 bits per heavy atom. The van der Waals surface area contributed by atoms with Crippen LogP contribution in [0.3, 0.4) is 0 Å². The monoisotopic (exact) mass is 380 g/mol. The molecule has 28 heavy (non-hydrogen) atoms. The number of hydrogen-bond donors (Lipinski definition) is 0. The molecule has 2 heterocycles. The fourth-order valence-electron chi connectivity index (χ4n) is 3.81. The van der Waals surface area contributed by atoms with Gasteiger partial charge >= 0.3 is 0 Å². The van der Waals surface area contributed by atoms with Crippen molar-refractivity contribution in [3.63, 3.8) is 0 Å². The average molecular weight is 380 g/mol. The molecule has 0 N–H and O–H groups in total. The van der Waals surface area contributed by atoms with Crippen LogP contribution in [0.1, 0.15) is 23.6 Å². The highest BCUT2D eigenvalue weighted by atomic mass is 16.5. The van der Waals surface area contributed by atoms with Gasteiger partial charge in [-0.3, -0.25) is 9.69 Å². The van der Waals surface area contributed by atoms with Gasteiger partial charge in [0.2, 0.25) is 0 Å². The molecule has 0 aliphatic carbocycles. The zero-order valence-electron chi connectivity index (χ0n) is 16.5. The lowest BCUT2D eigenvalue weighted by Crippen LogP contribution is -2.49. The van der Waals surface area contributed by atoms with Crippen LogP contribution in [-0.4, -0.2) is 55.1 Å². The molecule has 0 bridgehead atoms. The van der Waals surface area contributed by atoms with Crippen molar-refractivity contribution in [2.24, 2.45) is 0 Å². The van der Waals surface area contributed by atoms with Gasteiger partial charge in [0.1, 0.15) is 11.5 Å². The molecular weight excluding hydrogens is 352 g/mol. The van der Waals surface area contributed by atoms with Gasteiger partial charge in [0.05, 0.1) is 6.61 Å². The molecule has 0 unspecified atom stereocenters. The fraction of sp³-hybridized carbons (Fsp3) is 0.435. The molecule has 5 nitrogen and oxygen atoms in total. The predicted octanol–water partition coefficient (Wildman–Crippen LogP) is 2.91. The first-order chi connectivity index (χ1) is 13.7. The van der Waals surface area contributed by atoms with Crippen LogP contribution in [0.5, 0.6) is 11.5 Å². The maximum atomic E-state index is 12.5. The highest BCUT2D eigenvalue weighted by Crippen LogP contribution is 2.26. The van der Waals surface area contributed by atoms with E-state index in [1.165, 1.54) is 16.7 Å². The van der Waals surface area contributed by atoms with Gasteiger partial charge in [0.15, 0.2) is 6.61 Å². The van der Waals surface area contributed by atoms with Gasteiger partial charge in [0, 0.05) is 39.1 Å². The first-order valence-electron chi connectivity index (χ1n) is 10.2. The van der Waals surface area contributed by atoms with Crippen LogP contribution in [0.15, 0.2) is 42.5 Å². The number of amides is 1. The van der Waals surface area contributed by atoms with Crippen molar-refractivity contribution >= 4 is 5.91 Å². The van der Waals surface area contributed by atoms with Gasteiger partial charge in [-0.1, -0.05) is 31.2 Å². The third kappa shape index (κ3) is 4.47. The molecule has 4 rings (SSSR count). The molecule has 0 atom stereocenters. The standard InChI is InChI=1S/C23H28N2O3/c1-2-18-3-6-21(7-4-18)28-17-23(26)25-12-10-24(11-13-25)16-19-5-8-22-20(15-19)9-14-27-22/h3-8,15H,2,9-14,16-17H2,1H3. The lowest BCUT2D eigenvalue weighted by Gasteiger charge is -2.34. The van der Waals surface area contributed by atoms with E-state index in [-0.39, 0.29) is 12.5 Å². The van der Waals surface area contributed by atoms with Gasteiger partial charge in [-0.25, -0.2) is 0 Å². The van der Waals surface area contributed by atoms with E-state index in [2.05, 4.69) is 30.0 Å². The maximum absolute atomic E-state index is 12.5. The van der Waals surface area contributed by atoms with Gasteiger partial charge in [-0.05, 0) is 41.3 Å². The lowest BCUT2D eigenvalue weighted by molar-refractivity contribution is -0.135. The third-order valence-corrected chi connectivity index (χ3v) is 5.58. The van der Waals surface area contributed by atoms with Gasteiger partial charge in [0.25, 0.3) is 5.91 Å². The normalized spacial score (nSPS) is 16.5. The van der Waals surface area contributed by atoms with Gasteiger partial charge in [-0.15, -0.1) is 0 Å². The van der Waals surface area contributed by atoms with Gasteiger partial charge in [-0.2, -0.15) is 0 Å². The molecule has 0 spiro atoms. The number of rotatable bonds is 6. The largest absolute Gasteiger partial charge is 0.493 e. The van der Waals surface area contributed by atoms with Crippen molar-refractivity contribution in [3.8, 4) is 11.5 Å². The van der Waals surface area contributed by atoms with Crippen LogP contribution in [0.4, 0.5) is 0 Å². The van der Waals surface area contributed by atoms with Crippen LogP contribution in [-0.2, 0) is 24.2 Å². The Kier molecular flexibility index (Phi) is 5.81. The zero-order chi connectivity index (χ0) is 19.3. The summed E-state index contributed by atoms with van der Waals surface area (Å²) in [5.74, 6) is 1.85. The molecule has 148 valence electrons. The molecule has 0 aromatic heterocycles. The van der Waals surface area contributed by atoms with Crippen molar-refractivity contribution in [3.05, 3.63) is 59.2 Å². The molecule has 2 aliphatic rings. The molecule has 2 aliphatic heterocycles. The van der Waals surface area contributed by atoms with Crippen LogP contribution < -0.4 is 9.47 Å². The number of aryl methyl sites for hydroxylation is 1. The molecule has 5 heteroatoms. The van der Waals surface area contributed by atoms with E-state index >= 15 is 0 Å². The Morgan fingerprint density at radius 1 is 1.04 bits per heavy atom. The minimum atomic E-state index is 0.0638. The summed E-state index contributed by atoms with van der Waals surface area (Å²) >= 11 is 0. The first kappa shape index (κ1) is 18.8. The van der Waals surface area contributed by atoms with E-state index in [1.807, 2.05) is 29.2 Å². The highest BCUT2D eigenvalue weighted by molar-refractivity contribution is 5.77. The van der Waals surface area contributed by atoms with E-state index in [9.17, 15) is 4.79 Å². The Labute approximate surface area is 166 Å². The number of fused-ring (bicyclic) bond motifs is 1. The summed E-state index contributed by atoms with van der Waals surface area (Å²) < 4.78 is 11.2. The molecule has 1 saturated heterocycles. The Balaban J connectivity index is 1.22. The van der Waals surface area contributed by atoms with E-state index in [0.717, 1.165) is 63.7 Å². The van der Waals surface area contributed by atoms with E-state index in [0.29, 0.717) is 0 Å². The summed E-state index contributed by atoms with van der Waals surface area (Å²) in [6.07, 6.45) is 2.01. The Morgan fingerprint density at radius 2 is 1.79 bits per heavy atom. The molecule has 0 saturated carbocycles. The lowest BCUT2D eigenvalue weighted by atomic mass is 10.1. The van der Waals surface area contributed by atoms with Crippen LogP contribution in [0, 0.1) is 0 Å². The maximum Gasteiger partial charge on any atom is 0.260 e. The summed E-state index contributed by atoms with van der Waals surface area (Å²) in [7, 11) is 0. The third-order valence-electron chi connectivity index (χ3n) is 5.58. The second-order valence-corrected chi connectivity index (χ2v) is 7.48. The summed E-state index contributed by atoms with van der Waals surface area (Å²) in [5, 5.41) is 0. The second kappa shape index (κ2) is 8.65. The quantitative estimate of drug-likeness (QED) is 0.773. The Hall–Kier alpha value is -2.53. The number of nitrogens with zero attached hydrogens (tertiary/aromatic N) is 2. The Bertz CT molecular complexity index is 811. The number of piperazine rings is 1. The number of carbonyl (C=O) groups is 1. The summed E-state index contributed by atoms with van der Waals surface area (Å²) in [6, 6.07) is 14.5. The van der Waals surface area contributed by atoms with Crippen LogP contribution in [0.25, 0.3) is 0 Å². The zero-order valence-corrected chi connectivity index (χ0v) is 16.5. The molecule has 0 radical (unpaired) electrons. The number of carbonyl (C=O) groups excluding carboxylic acids is 1. The topological polar surface area (TPSA) is 42.0 Å². The predicted molar refractivity (Wildman–Crippen MR) is 109 cm³/mol. The fourth-order valence-corrected chi connectivity index (χ4v) is 3.81. The molecular formula is C23H28N2O3. The molecule has 1 amide bonds. The van der Waals surface area contributed by atoms with E-state index in [4.69, 9.17) is 9.47 Å². The number of benzene rings is 2. The van der Waals surface area contributed by atoms with Gasteiger partial charge < -0.3 is 14.4 Å². The highest BCUT2D eigenvalue weighted by Gasteiger charge is 2.22. The van der Waals surface area contributed by atoms with Crippen molar-refractivity contribution in [2.75, 3.05) is 39.4 Å². The first-order valence-corrected chi connectivity index (χ1v) is 10.2. The van der Waals surface area contributed by atoms with Crippen molar-refractivity contribution in [2.45, 2.75) is 26.3 Å². The summed E-state index contributed by atoms with van der Waals surface area (Å²) in [4.78, 5) is 16.8. The molecule has 1 fully saturated rings. The van der Waals surface area contributed by atoms with Crippen molar-refractivity contribution in [1.29, 1.82) is 0 Å². The summed E-state index contributed by atoms with van der Waals surface area (Å²) in [5.41, 5.74) is 3.91.